The summed E-state index contributed by atoms with van der Waals surface area (Å²) >= 11 is 0. The molecule has 0 spiro atoms. The molecular formula is C14H21N3O2. The van der Waals surface area contributed by atoms with E-state index in [1.807, 2.05) is 24.0 Å². The van der Waals surface area contributed by atoms with Gasteiger partial charge in [-0.3, -0.25) is 4.98 Å². The Balaban J connectivity index is 1.67. The molecule has 0 saturated carbocycles. The minimum absolute atomic E-state index is 0.0219. The molecule has 0 radical (unpaired) electrons. The van der Waals surface area contributed by atoms with Gasteiger partial charge in [0.05, 0.1) is 6.10 Å². The zero-order valence-electron chi connectivity index (χ0n) is 11.5. The van der Waals surface area contributed by atoms with Crippen molar-refractivity contribution in [1.82, 2.24) is 15.2 Å². The minimum Gasteiger partial charge on any atom is -0.382 e. The number of rotatable bonds is 5. The Morgan fingerprint density at radius 2 is 2.21 bits per heavy atom. The van der Waals surface area contributed by atoms with Crippen LogP contribution in [0.3, 0.4) is 0 Å². The predicted octanol–water partition coefficient (Wildman–Crippen LogP) is 1.62. The van der Waals surface area contributed by atoms with E-state index < -0.39 is 0 Å². The molecule has 1 aliphatic rings. The number of amides is 2. The Labute approximate surface area is 114 Å². The topological polar surface area (TPSA) is 54.5 Å². The highest BCUT2D eigenvalue weighted by atomic mass is 16.5. The Bertz CT molecular complexity index is 404. The van der Waals surface area contributed by atoms with E-state index in [-0.39, 0.29) is 12.1 Å². The Morgan fingerprint density at radius 1 is 1.53 bits per heavy atom. The summed E-state index contributed by atoms with van der Waals surface area (Å²) in [6, 6.07) is 4.05. The molecule has 19 heavy (non-hydrogen) atoms. The lowest BCUT2D eigenvalue weighted by molar-refractivity contribution is 0.109. The molecule has 104 valence electrons. The summed E-state index contributed by atoms with van der Waals surface area (Å²) in [6.07, 6.45) is 4.61. The highest BCUT2D eigenvalue weighted by molar-refractivity contribution is 5.75. The molecule has 1 saturated heterocycles. The number of hydrogen-bond donors (Lipinski definition) is 1. The standard InChI is InChI=1S/C14H21N3O2/c1-11(19-2)3-8-16-14(18)17-9-13(10-17)12-4-6-15-7-5-12/h4-7,11,13H,3,8-10H2,1-2H3,(H,16,18)/t11-/m1/s1. The maximum absolute atomic E-state index is 11.8. The van der Waals surface area contributed by atoms with E-state index in [9.17, 15) is 4.79 Å². The fraction of sp³-hybridized carbons (Fsp3) is 0.571. The zero-order chi connectivity index (χ0) is 13.7. The number of hydrogen-bond acceptors (Lipinski definition) is 3. The lowest BCUT2D eigenvalue weighted by Gasteiger charge is -2.39. The van der Waals surface area contributed by atoms with E-state index >= 15 is 0 Å². The molecule has 1 N–H and O–H groups in total. The average Bonchev–Trinajstić information content (AvgIpc) is 2.38. The zero-order valence-corrected chi connectivity index (χ0v) is 11.5. The third-order valence-electron chi connectivity index (χ3n) is 3.58. The van der Waals surface area contributed by atoms with Gasteiger partial charge in [0.2, 0.25) is 0 Å². The molecule has 0 aromatic carbocycles. The van der Waals surface area contributed by atoms with Crippen LogP contribution in [0.5, 0.6) is 0 Å². The fourth-order valence-electron chi connectivity index (χ4n) is 2.10. The van der Waals surface area contributed by atoms with Crippen LogP contribution < -0.4 is 5.32 Å². The molecule has 2 amide bonds. The van der Waals surface area contributed by atoms with Crippen LogP contribution in [-0.2, 0) is 4.74 Å². The summed E-state index contributed by atoms with van der Waals surface area (Å²) in [7, 11) is 1.68. The van der Waals surface area contributed by atoms with Crippen molar-refractivity contribution >= 4 is 6.03 Å². The average molecular weight is 263 g/mol. The largest absolute Gasteiger partial charge is 0.382 e. The number of nitrogens with one attached hydrogen (secondary N) is 1. The van der Waals surface area contributed by atoms with Gasteiger partial charge in [0.25, 0.3) is 0 Å². The van der Waals surface area contributed by atoms with Gasteiger partial charge in [0.1, 0.15) is 0 Å². The van der Waals surface area contributed by atoms with Crippen LogP contribution in [0, 0.1) is 0 Å². The summed E-state index contributed by atoms with van der Waals surface area (Å²) in [5, 5.41) is 2.92. The van der Waals surface area contributed by atoms with Crippen LogP contribution in [0.2, 0.25) is 0 Å². The first-order valence-electron chi connectivity index (χ1n) is 6.66. The molecule has 1 aliphatic heterocycles. The lowest BCUT2D eigenvalue weighted by Crippen LogP contribution is -2.52. The summed E-state index contributed by atoms with van der Waals surface area (Å²) in [6.45, 7) is 4.23. The Kier molecular flexibility index (Phi) is 4.74. The normalized spacial score (nSPS) is 16.8. The van der Waals surface area contributed by atoms with Gasteiger partial charge >= 0.3 is 6.03 Å². The van der Waals surface area contributed by atoms with E-state index in [0.717, 1.165) is 19.5 Å². The van der Waals surface area contributed by atoms with Gasteiger partial charge in [-0.2, -0.15) is 0 Å². The summed E-state index contributed by atoms with van der Waals surface area (Å²) < 4.78 is 5.14. The Hall–Kier alpha value is -1.62. The van der Waals surface area contributed by atoms with Crippen LogP contribution >= 0.6 is 0 Å². The third-order valence-corrected chi connectivity index (χ3v) is 3.58. The van der Waals surface area contributed by atoms with E-state index in [4.69, 9.17) is 4.74 Å². The highest BCUT2D eigenvalue weighted by Crippen LogP contribution is 2.26. The number of carbonyl (C=O) groups is 1. The van der Waals surface area contributed by atoms with Crippen molar-refractivity contribution in [2.75, 3.05) is 26.7 Å². The van der Waals surface area contributed by atoms with Crippen LogP contribution in [-0.4, -0.2) is 48.8 Å². The summed E-state index contributed by atoms with van der Waals surface area (Å²) in [5.74, 6) is 0.451. The number of likely N-dealkylation sites (tertiary alicyclic amines) is 1. The number of aromatic nitrogens is 1. The number of nitrogens with zero attached hydrogens (tertiary/aromatic N) is 2. The van der Waals surface area contributed by atoms with E-state index in [2.05, 4.69) is 10.3 Å². The van der Waals surface area contributed by atoms with E-state index in [0.29, 0.717) is 12.5 Å². The Morgan fingerprint density at radius 3 is 2.84 bits per heavy atom. The number of pyridine rings is 1. The molecule has 5 nitrogen and oxygen atoms in total. The lowest BCUT2D eigenvalue weighted by atomic mass is 9.93. The fourth-order valence-corrected chi connectivity index (χ4v) is 2.10. The first kappa shape index (κ1) is 13.8. The molecule has 0 unspecified atom stereocenters. The highest BCUT2D eigenvalue weighted by Gasteiger charge is 2.31. The van der Waals surface area contributed by atoms with Gasteiger partial charge in [-0.25, -0.2) is 4.79 Å². The molecule has 1 aromatic rings. The smallest absolute Gasteiger partial charge is 0.317 e. The predicted molar refractivity (Wildman–Crippen MR) is 73.0 cm³/mol. The van der Waals surface area contributed by atoms with Gasteiger partial charge in [-0.05, 0) is 31.0 Å². The van der Waals surface area contributed by atoms with Crippen LogP contribution in [0.25, 0.3) is 0 Å². The van der Waals surface area contributed by atoms with Crippen LogP contribution in [0.1, 0.15) is 24.8 Å². The second kappa shape index (κ2) is 6.52. The molecule has 1 aromatic heterocycles. The molecule has 2 heterocycles. The molecule has 5 heteroatoms. The van der Waals surface area contributed by atoms with Gasteiger partial charge in [-0.15, -0.1) is 0 Å². The van der Waals surface area contributed by atoms with Crippen molar-refractivity contribution in [2.24, 2.45) is 0 Å². The molecule has 2 rings (SSSR count). The van der Waals surface area contributed by atoms with Gasteiger partial charge < -0.3 is 15.0 Å². The van der Waals surface area contributed by atoms with Crippen LogP contribution in [0.15, 0.2) is 24.5 Å². The van der Waals surface area contributed by atoms with Crippen molar-refractivity contribution < 1.29 is 9.53 Å². The van der Waals surface area contributed by atoms with Crippen molar-refractivity contribution in [3.63, 3.8) is 0 Å². The monoisotopic (exact) mass is 263 g/mol. The maximum Gasteiger partial charge on any atom is 0.317 e. The first-order chi connectivity index (χ1) is 9.20. The molecule has 1 fully saturated rings. The van der Waals surface area contributed by atoms with Crippen molar-refractivity contribution in [2.45, 2.75) is 25.4 Å². The second-order valence-electron chi connectivity index (χ2n) is 4.95. The van der Waals surface area contributed by atoms with Gasteiger partial charge in [0.15, 0.2) is 0 Å². The van der Waals surface area contributed by atoms with Crippen molar-refractivity contribution in [3.8, 4) is 0 Å². The molecule has 1 atom stereocenters. The van der Waals surface area contributed by atoms with Crippen molar-refractivity contribution in [3.05, 3.63) is 30.1 Å². The van der Waals surface area contributed by atoms with Gasteiger partial charge in [0, 0.05) is 45.1 Å². The number of urea groups is 1. The SMILES string of the molecule is CO[C@H](C)CCNC(=O)N1CC(c2ccncc2)C1. The van der Waals surface area contributed by atoms with Gasteiger partial charge in [-0.1, -0.05) is 0 Å². The van der Waals surface area contributed by atoms with Crippen molar-refractivity contribution in [1.29, 1.82) is 0 Å². The van der Waals surface area contributed by atoms with E-state index in [1.165, 1.54) is 5.56 Å². The number of methoxy groups -OCH3 is 1. The minimum atomic E-state index is 0.0219. The van der Waals surface area contributed by atoms with E-state index in [1.54, 1.807) is 19.5 Å². The number of ether oxygens (including phenoxy) is 1. The molecule has 0 bridgehead atoms. The molecule has 0 aliphatic carbocycles. The first-order valence-corrected chi connectivity index (χ1v) is 6.66. The molecular weight excluding hydrogens is 242 g/mol. The third kappa shape index (κ3) is 3.67. The summed E-state index contributed by atoms with van der Waals surface area (Å²) in [4.78, 5) is 17.7. The maximum atomic E-state index is 11.8. The summed E-state index contributed by atoms with van der Waals surface area (Å²) in [5.41, 5.74) is 1.26. The number of carbonyl (C=O) groups excluding carboxylic acids is 1. The second-order valence-corrected chi connectivity index (χ2v) is 4.95. The van der Waals surface area contributed by atoms with Crippen LogP contribution in [0.4, 0.5) is 4.79 Å². The quantitative estimate of drug-likeness (QED) is 0.878.